The van der Waals surface area contributed by atoms with E-state index in [1.165, 1.54) is 29.6 Å². The first kappa shape index (κ1) is 15.1. The summed E-state index contributed by atoms with van der Waals surface area (Å²) in [7, 11) is 2.19. The molecule has 3 nitrogen and oxygen atoms in total. The molecule has 4 heteroatoms. The van der Waals surface area contributed by atoms with E-state index in [0.717, 1.165) is 17.0 Å². The Morgan fingerprint density at radius 2 is 1.91 bits per heavy atom. The molecule has 0 saturated carbocycles. The van der Waals surface area contributed by atoms with Gasteiger partial charge in [-0.1, -0.05) is 23.9 Å². The van der Waals surface area contributed by atoms with Gasteiger partial charge in [0.25, 0.3) is 0 Å². The van der Waals surface area contributed by atoms with Crippen molar-refractivity contribution in [3.05, 3.63) is 53.6 Å². The highest BCUT2D eigenvalue weighted by Gasteiger charge is 2.20. The lowest BCUT2D eigenvalue weighted by molar-refractivity contribution is 0.411. The van der Waals surface area contributed by atoms with Gasteiger partial charge in [-0.25, -0.2) is 0 Å². The molecule has 22 heavy (non-hydrogen) atoms. The number of likely N-dealkylation sites (N-methyl/N-ethyl adjacent to an activating group) is 1. The molecule has 0 aromatic heterocycles. The minimum atomic E-state index is 0.653. The topological polar surface area (TPSA) is 53.1 Å². The van der Waals surface area contributed by atoms with Gasteiger partial charge in [0, 0.05) is 33.8 Å². The van der Waals surface area contributed by atoms with Crippen molar-refractivity contribution in [1.82, 2.24) is 4.90 Å². The van der Waals surface area contributed by atoms with Gasteiger partial charge in [-0.3, -0.25) is 0 Å². The predicted octanol–water partition coefficient (Wildman–Crippen LogP) is 3.84. The van der Waals surface area contributed by atoms with E-state index in [2.05, 4.69) is 36.2 Å². The fourth-order valence-corrected chi connectivity index (χ4v) is 3.76. The fraction of sp³-hybridized carbons (Fsp3) is 0.278. The molecular weight excluding hydrogens is 290 g/mol. The van der Waals surface area contributed by atoms with Crippen LogP contribution in [0, 0.1) is 5.41 Å². The molecule has 0 aliphatic carbocycles. The van der Waals surface area contributed by atoms with E-state index in [4.69, 9.17) is 11.1 Å². The maximum absolute atomic E-state index is 7.38. The van der Waals surface area contributed by atoms with Gasteiger partial charge >= 0.3 is 0 Å². The van der Waals surface area contributed by atoms with Crippen molar-refractivity contribution >= 4 is 23.7 Å². The number of hydrogen-bond donors (Lipinski definition) is 2. The van der Waals surface area contributed by atoms with Gasteiger partial charge in [-0.15, -0.1) is 0 Å². The highest BCUT2D eigenvalue weighted by molar-refractivity contribution is 7.99. The van der Waals surface area contributed by atoms with E-state index >= 15 is 0 Å². The van der Waals surface area contributed by atoms with Gasteiger partial charge in [0.15, 0.2) is 0 Å². The molecule has 1 unspecified atom stereocenters. The molecule has 1 aliphatic heterocycles. The Bertz CT molecular complexity index is 667. The lowest BCUT2D eigenvalue weighted by Gasteiger charge is -2.11. The largest absolute Gasteiger partial charge is 0.398 e. The molecule has 2 aromatic carbocycles. The van der Waals surface area contributed by atoms with Gasteiger partial charge in [0.05, 0.1) is 0 Å². The lowest BCUT2D eigenvalue weighted by Crippen LogP contribution is -2.13. The van der Waals surface area contributed by atoms with Crippen LogP contribution < -0.4 is 5.73 Å². The van der Waals surface area contributed by atoms with E-state index in [1.54, 1.807) is 11.8 Å². The number of nitrogens with one attached hydrogen (secondary N) is 1. The first-order valence-electron chi connectivity index (χ1n) is 7.52. The zero-order valence-electron chi connectivity index (χ0n) is 12.8. The monoisotopic (exact) mass is 311 g/mol. The minimum absolute atomic E-state index is 0.653. The van der Waals surface area contributed by atoms with E-state index in [1.807, 2.05) is 18.2 Å². The number of anilines is 1. The maximum Gasteiger partial charge on any atom is 0.0403 e. The number of benzene rings is 2. The van der Waals surface area contributed by atoms with Crippen LogP contribution in [0.3, 0.4) is 0 Å². The number of nitrogen functional groups attached to an aromatic ring is 1. The predicted molar refractivity (Wildman–Crippen MR) is 94.2 cm³/mol. The van der Waals surface area contributed by atoms with Crippen LogP contribution >= 0.6 is 11.8 Å². The van der Waals surface area contributed by atoms with Crippen LogP contribution in [0.15, 0.2) is 52.3 Å². The van der Waals surface area contributed by atoms with Crippen molar-refractivity contribution in [2.75, 3.05) is 25.9 Å². The Kier molecular flexibility index (Phi) is 4.50. The SMILES string of the molecule is CN1CCC(c2ccc(Sc3ccc(N)c(C=N)c3)cc2)C1. The molecule has 114 valence electrons. The molecule has 2 aromatic rings. The highest BCUT2D eigenvalue weighted by atomic mass is 32.2. The highest BCUT2D eigenvalue weighted by Crippen LogP contribution is 2.32. The summed E-state index contributed by atoms with van der Waals surface area (Å²) in [5, 5.41) is 7.38. The smallest absolute Gasteiger partial charge is 0.0403 e. The average Bonchev–Trinajstić information content (AvgIpc) is 2.96. The van der Waals surface area contributed by atoms with Crippen molar-refractivity contribution in [3.63, 3.8) is 0 Å². The summed E-state index contributed by atoms with van der Waals surface area (Å²) in [5.41, 5.74) is 8.69. The number of nitrogens with zero attached hydrogens (tertiary/aromatic N) is 1. The molecule has 1 saturated heterocycles. The zero-order chi connectivity index (χ0) is 15.5. The van der Waals surface area contributed by atoms with Gasteiger partial charge < -0.3 is 16.0 Å². The molecule has 0 amide bonds. The van der Waals surface area contributed by atoms with Crippen LogP contribution in [0.2, 0.25) is 0 Å². The Labute approximate surface area is 136 Å². The lowest BCUT2D eigenvalue weighted by atomic mass is 9.99. The van der Waals surface area contributed by atoms with Crippen molar-refractivity contribution in [2.24, 2.45) is 0 Å². The van der Waals surface area contributed by atoms with E-state index < -0.39 is 0 Å². The summed E-state index contributed by atoms with van der Waals surface area (Å²) in [4.78, 5) is 4.72. The second-order valence-corrected chi connectivity index (χ2v) is 7.00. The van der Waals surface area contributed by atoms with Crippen molar-refractivity contribution in [3.8, 4) is 0 Å². The third-order valence-electron chi connectivity index (χ3n) is 4.19. The summed E-state index contributed by atoms with van der Waals surface area (Å²) < 4.78 is 0. The first-order valence-corrected chi connectivity index (χ1v) is 8.34. The summed E-state index contributed by atoms with van der Waals surface area (Å²) in [6.07, 6.45) is 2.56. The van der Waals surface area contributed by atoms with E-state index in [9.17, 15) is 0 Å². The van der Waals surface area contributed by atoms with Crippen LogP contribution in [-0.4, -0.2) is 31.3 Å². The Balaban J connectivity index is 1.72. The summed E-state index contributed by atoms with van der Waals surface area (Å²) in [6, 6.07) is 14.7. The van der Waals surface area contributed by atoms with Gasteiger partial charge in [0.2, 0.25) is 0 Å². The number of hydrogen-bond acceptors (Lipinski definition) is 4. The second-order valence-electron chi connectivity index (χ2n) is 5.85. The Hall–Kier alpha value is -1.78. The molecule has 1 heterocycles. The third kappa shape index (κ3) is 3.34. The Morgan fingerprint density at radius 3 is 2.55 bits per heavy atom. The number of likely N-dealkylation sites (tertiary alicyclic amines) is 1. The van der Waals surface area contributed by atoms with Crippen LogP contribution in [0.25, 0.3) is 0 Å². The van der Waals surface area contributed by atoms with Crippen molar-refractivity contribution < 1.29 is 0 Å². The second kappa shape index (κ2) is 6.55. The van der Waals surface area contributed by atoms with E-state index in [0.29, 0.717) is 11.6 Å². The molecule has 0 radical (unpaired) electrons. The van der Waals surface area contributed by atoms with Crippen LogP contribution in [0.5, 0.6) is 0 Å². The molecule has 0 bridgehead atoms. The summed E-state index contributed by atoms with van der Waals surface area (Å²) >= 11 is 1.71. The van der Waals surface area contributed by atoms with Gasteiger partial charge in [0.1, 0.15) is 0 Å². The molecule has 1 fully saturated rings. The zero-order valence-corrected chi connectivity index (χ0v) is 13.6. The van der Waals surface area contributed by atoms with Gasteiger partial charge in [-0.05, 0) is 61.8 Å². The van der Waals surface area contributed by atoms with Crippen LogP contribution in [-0.2, 0) is 0 Å². The average molecular weight is 311 g/mol. The third-order valence-corrected chi connectivity index (χ3v) is 5.19. The van der Waals surface area contributed by atoms with Gasteiger partial charge in [-0.2, -0.15) is 0 Å². The number of nitrogens with two attached hydrogens (primary N) is 1. The molecule has 1 aliphatic rings. The van der Waals surface area contributed by atoms with Crippen molar-refractivity contribution in [2.45, 2.75) is 22.1 Å². The summed E-state index contributed by atoms with van der Waals surface area (Å²) in [5.74, 6) is 0.671. The standard InChI is InChI=1S/C18H21N3S/c1-21-9-8-14(12-21)13-2-4-16(5-3-13)22-17-6-7-18(20)15(10-17)11-19/h2-7,10-11,14,19H,8-9,12,20H2,1H3. The molecular formula is C18H21N3S. The maximum atomic E-state index is 7.38. The molecule has 0 spiro atoms. The van der Waals surface area contributed by atoms with E-state index in [-0.39, 0.29) is 0 Å². The van der Waals surface area contributed by atoms with Crippen LogP contribution in [0.4, 0.5) is 5.69 Å². The number of rotatable bonds is 4. The minimum Gasteiger partial charge on any atom is -0.398 e. The fourth-order valence-electron chi connectivity index (χ4n) is 2.89. The van der Waals surface area contributed by atoms with Crippen LogP contribution in [0.1, 0.15) is 23.5 Å². The quantitative estimate of drug-likeness (QED) is 0.666. The normalized spacial score (nSPS) is 18.5. The Morgan fingerprint density at radius 1 is 1.18 bits per heavy atom. The molecule has 3 N–H and O–H groups in total. The first-order chi connectivity index (χ1) is 10.7. The van der Waals surface area contributed by atoms with Crippen molar-refractivity contribution in [1.29, 1.82) is 5.41 Å². The molecule has 1 atom stereocenters. The molecule has 3 rings (SSSR count). The summed E-state index contributed by atoms with van der Waals surface area (Å²) in [6.45, 7) is 2.35.